The zero-order valence-electron chi connectivity index (χ0n) is 5.65. The number of hydrogen-bond acceptors (Lipinski definition) is 1. The summed E-state index contributed by atoms with van der Waals surface area (Å²) in [6.07, 6.45) is 1.86. The van der Waals surface area contributed by atoms with Gasteiger partial charge in [0.1, 0.15) is 0 Å². The number of allylic oxidation sites excluding steroid dienone is 2. The Bertz CT molecular complexity index is 42.1. The van der Waals surface area contributed by atoms with E-state index >= 15 is 0 Å². The molecule has 1 nitrogen and oxygen atoms in total. The summed E-state index contributed by atoms with van der Waals surface area (Å²) < 4.78 is 0. The third-order valence-electron chi connectivity index (χ3n) is 0.455. The summed E-state index contributed by atoms with van der Waals surface area (Å²) in [6, 6.07) is 0. The summed E-state index contributed by atoms with van der Waals surface area (Å²) in [6.45, 7) is 7.77. The van der Waals surface area contributed by atoms with Gasteiger partial charge in [-0.25, -0.2) is 0 Å². The summed E-state index contributed by atoms with van der Waals surface area (Å²) in [5.41, 5.74) is 6.03. The second kappa shape index (κ2) is 9.11. The Kier molecular flexibility index (Phi) is 12.7. The van der Waals surface area contributed by atoms with E-state index in [9.17, 15) is 0 Å². The van der Waals surface area contributed by atoms with E-state index in [0.717, 1.165) is 5.70 Å². The Morgan fingerprint density at radius 2 is 1.57 bits per heavy atom. The molecule has 0 aliphatic heterocycles. The first-order valence-corrected chi connectivity index (χ1v) is 2.65. The molecule has 0 atom stereocenters. The molecule has 0 heterocycles. The van der Waals surface area contributed by atoms with E-state index in [1.165, 1.54) is 0 Å². The van der Waals surface area contributed by atoms with Gasteiger partial charge < -0.3 is 5.73 Å². The average molecular weight is 101 g/mol. The minimum Gasteiger partial charge on any atom is -0.403 e. The first-order chi connectivity index (χ1) is 3.27. The monoisotopic (exact) mass is 101 g/mol. The molecule has 7 heavy (non-hydrogen) atoms. The minimum atomic E-state index is 0.880. The lowest BCUT2D eigenvalue weighted by molar-refractivity contribution is 1.29. The molecule has 0 spiro atoms. The highest BCUT2D eigenvalue weighted by atomic mass is 14.5. The highest BCUT2D eigenvalue weighted by molar-refractivity contribution is 4.86. The van der Waals surface area contributed by atoms with Crippen LogP contribution in [0.15, 0.2) is 11.8 Å². The summed E-state index contributed by atoms with van der Waals surface area (Å²) in [5, 5.41) is 0. The summed E-state index contributed by atoms with van der Waals surface area (Å²) in [7, 11) is 0. The number of hydrogen-bond donors (Lipinski definition) is 1. The lowest BCUT2D eigenvalue weighted by atomic mass is 10.5. The molecule has 0 bridgehead atoms. The topological polar surface area (TPSA) is 26.0 Å². The predicted octanol–water partition coefficient (Wildman–Crippen LogP) is 1.90. The molecule has 0 saturated carbocycles. The van der Waals surface area contributed by atoms with Crippen LogP contribution in [-0.2, 0) is 0 Å². The largest absolute Gasteiger partial charge is 0.403 e. The van der Waals surface area contributed by atoms with Crippen molar-refractivity contribution in [1.29, 1.82) is 0 Å². The Morgan fingerprint density at radius 1 is 1.43 bits per heavy atom. The third kappa shape index (κ3) is 29.3. The highest BCUT2D eigenvalue weighted by Gasteiger charge is 1.60. The molecule has 0 aliphatic carbocycles. The van der Waals surface area contributed by atoms with Gasteiger partial charge >= 0.3 is 0 Å². The fourth-order valence-electron chi connectivity index (χ4n) is 0. The van der Waals surface area contributed by atoms with Gasteiger partial charge in [-0.05, 0) is 13.8 Å². The van der Waals surface area contributed by atoms with Gasteiger partial charge in [0.05, 0.1) is 0 Å². The molecule has 0 aromatic carbocycles. The van der Waals surface area contributed by atoms with E-state index in [4.69, 9.17) is 5.73 Å². The van der Waals surface area contributed by atoms with Crippen LogP contribution in [-0.4, -0.2) is 0 Å². The molecule has 0 rings (SSSR count). The molecule has 0 unspecified atom stereocenters. The molecule has 0 aliphatic rings. The van der Waals surface area contributed by atoms with E-state index < -0.39 is 0 Å². The standard InChI is InChI=1S/C4H9N.C2H6/c1-3-4(2)5;1-2/h3H,5H2,1-2H3;1-2H3/b4-3+;. The van der Waals surface area contributed by atoms with Gasteiger partial charge in [0, 0.05) is 5.70 Å². The summed E-state index contributed by atoms with van der Waals surface area (Å²) >= 11 is 0. The van der Waals surface area contributed by atoms with Gasteiger partial charge in [-0.2, -0.15) is 0 Å². The van der Waals surface area contributed by atoms with Crippen LogP contribution in [0.5, 0.6) is 0 Å². The maximum atomic E-state index is 5.15. The Morgan fingerprint density at radius 3 is 1.57 bits per heavy atom. The summed E-state index contributed by atoms with van der Waals surface area (Å²) in [5.74, 6) is 0. The average Bonchev–Trinajstić information content (AvgIpc) is 1.73. The second-order valence-corrected chi connectivity index (χ2v) is 1.03. The van der Waals surface area contributed by atoms with Gasteiger partial charge in [-0.1, -0.05) is 19.9 Å². The minimum absolute atomic E-state index is 0.880. The zero-order chi connectivity index (χ0) is 6.28. The lowest BCUT2D eigenvalue weighted by Gasteiger charge is -1.76. The van der Waals surface area contributed by atoms with Crippen LogP contribution in [0.4, 0.5) is 0 Å². The quantitative estimate of drug-likeness (QED) is 0.495. The van der Waals surface area contributed by atoms with Gasteiger partial charge in [-0.15, -0.1) is 0 Å². The number of nitrogens with two attached hydrogens (primary N) is 1. The van der Waals surface area contributed by atoms with Gasteiger partial charge in [-0.3, -0.25) is 0 Å². The molecule has 0 radical (unpaired) electrons. The zero-order valence-corrected chi connectivity index (χ0v) is 5.65. The molecule has 0 fully saturated rings. The molecule has 2 N–H and O–H groups in total. The van der Waals surface area contributed by atoms with Crippen molar-refractivity contribution in [2.45, 2.75) is 27.7 Å². The van der Waals surface area contributed by atoms with E-state index in [0.29, 0.717) is 0 Å². The molecule has 0 saturated heterocycles. The van der Waals surface area contributed by atoms with Crippen molar-refractivity contribution in [2.75, 3.05) is 0 Å². The van der Waals surface area contributed by atoms with Crippen LogP contribution in [0, 0.1) is 0 Å². The second-order valence-electron chi connectivity index (χ2n) is 1.03. The molecule has 44 valence electrons. The van der Waals surface area contributed by atoms with Crippen LogP contribution in [0.3, 0.4) is 0 Å². The molecule has 1 heteroatoms. The van der Waals surface area contributed by atoms with E-state index in [1.54, 1.807) is 0 Å². The molecular formula is C6H15N. The van der Waals surface area contributed by atoms with E-state index in [2.05, 4.69) is 0 Å². The van der Waals surface area contributed by atoms with Crippen molar-refractivity contribution < 1.29 is 0 Å². The van der Waals surface area contributed by atoms with Crippen molar-refractivity contribution >= 4 is 0 Å². The lowest BCUT2D eigenvalue weighted by Crippen LogP contribution is -1.86. The normalized spacial score (nSPS) is 9.43. The van der Waals surface area contributed by atoms with Crippen molar-refractivity contribution in [3.05, 3.63) is 11.8 Å². The van der Waals surface area contributed by atoms with Crippen molar-refractivity contribution in [3.8, 4) is 0 Å². The predicted molar refractivity (Wildman–Crippen MR) is 35.0 cm³/mol. The fourth-order valence-corrected chi connectivity index (χ4v) is 0. The van der Waals surface area contributed by atoms with E-state index in [1.807, 2.05) is 33.8 Å². The van der Waals surface area contributed by atoms with Crippen LogP contribution in [0.2, 0.25) is 0 Å². The van der Waals surface area contributed by atoms with Crippen LogP contribution in [0.25, 0.3) is 0 Å². The first-order valence-electron chi connectivity index (χ1n) is 2.65. The molecular weight excluding hydrogens is 86.1 g/mol. The van der Waals surface area contributed by atoms with Crippen molar-refractivity contribution in [3.63, 3.8) is 0 Å². The van der Waals surface area contributed by atoms with Crippen LogP contribution >= 0.6 is 0 Å². The molecule has 0 aromatic rings. The fraction of sp³-hybridized carbons (Fsp3) is 0.667. The Labute approximate surface area is 46.2 Å². The SMILES string of the molecule is C/C=C(\C)N.CC. The number of rotatable bonds is 0. The smallest absolute Gasteiger partial charge is 0.000552 e. The Balaban J connectivity index is 0. The third-order valence-corrected chi connectivity index (χ3v) is 0.455. The van der Waals surface area contributed by atoms with Gasteiger partial charge in [0.25, 0.3) is 0 Å². The maximum absolute atomic E-state index is 5.15. The molecule has 0 amide bonds. The van der Waals surface area contributed by atoms with Gasteiger partial charge in [0.15, 0.2) is 0 Å². The maximum Gasteiger partial charge on any atom is 0.000552 e. The highest BCUT2D eigenvalue weighted by Crippen LogP contribution is 1.71. The van der Waals surface area contributed by atoms with Gasteiger partial charge in [0.2, 0.25) is 0 Å². The van der Waals surface area contributed by atoms with Crippen molar-refractivity contribution in [2.24, 2.45) is 5.73 Å². The van der Waals surface area contributed by atoms with E-state index in [-0.39, 0.29) is 0 Å². The van der Waals surface area contributed by atoms with Crippen LogP contribution in [0.1, 0.15) is 27.7 Å². The molecule has 0 aromatic heterocycles. The van der Waals surface area contributed by atoms with Crippen molar-refractivity contribution in [1.82, 2.24) is 0 Å². The van der Waals surface area contributed by atoms with Crippen LogP contribution < -0.4 is 5.73 Å². The summed E-state index contributed by atoms with van der Waals surface area (Å²) in [4.78, 5) is 0. The Hall–Kier alpha value is -0.460. The first kappa shape index (κ1) is 9.74.